The first-order valence-corrected chi connectivity index (χ1v) is 10.6. The lowest BCUT2D eigenvalue weighted by molar-refractivity contribution is -0.192. The Bertz CT molecular complexity index is 692. The molecule has 4 heterocycles. The number of alkyl halides is 3. The number of carbonyl (C=O) groups excluding carboxylic acids is 1. The zero-order valence-electron chi connectivity index (χ0n) is 15.9. The summed E-state index contributed by atoms with van der Waals surface area (Å²) in [5.74, 6) is -1.80. The highest BCUT2D eigenvalue weighted by atomic mass is 32.1. The third-order valence-electron chi connectivity index (χ3n) is 5.63. The Morgan fingerprint density at radius 1 is 1.24 bits per heavy atom. The lowest BCUT2D eigenvalue weighted by Crippen LogP contribution is -2.52. The smallest absolute Gasteiger partial charge is 0.475 e. The number of likely N-dealkylation sites (tertiary alicyclic amines) is 2. The standard InChI is InChI=1S/C17H24N2O2S.C2HF3O2/c20-17(19-5-1-2-6-19)15-10-18(9-13-4-8-22-12-13)11-16-14(15)3-7-21-16;3-2(4,5)1(6)7/h4,8,12,14-16H,1-3,5-7,9-11H2;(H,6,7)/t14-,15+,16+;/m0./s1. The first-order chi connectivity index (χ1) is 13.8. The molecule has 4 rings (SSSR count). The summed E-state index contributed by atoms with van der Waals surface area (Å²) in [6.07, 6.45) is -1.44. The van der Waals surface area contributed by atoms with Crippen molar-refractivity contribution in [2.45, 2.75) is 38.1 Å². The van der Waals surface area contributed by atoms with Gasteiger partial charge in [-0.1, -0.05) is 0 Å². The second kappa shape index (κ2) is 9.44. The number of thiophene rings is 1. The third kappa shape index (κ3) is 5.70. The number of halogens is 3. The van der Waals surface area contributed by atoms with E-state index in [2.05, 4.69) is 26.6 Å². The molecule has 3 aliphatic rings. The average molecular weight is 434 g/mol. The number of ether oxygens (including phenoxy) is 1. The van der Waals surface area contributed by atoms with E-state index in [9.17, 15) is 18.0 Å². The molecule has 0 aromatic carbocycles. The van der Waals surface area contributed by atoms with E-state index in [-0.39, 0.29) is 12.0 Å². The average Bonchev–Trinajstić information content (AvgIpc) is 3.42. The van der Waals surface area contributed by atoms with E-state index < -0.39 is 12.1 Å². The quantitative estimate of drug-likeness (QED) is 0.792. The molecule has 1 aromatic heterocycles. The van der Waals surface area contributed by atoms with Crippen LogP contribution >= 0.6 is 11.3 Å². The molecule has 3 fully saturated rings. The number of rotatable bonds is 3. The van der Waals surface area contributed by atoms with Crippen molar-refractivity contribution >= 4 is 23.2 Å². The summed E-state index contributed by atoms with van der Waals surface area (Å²) in [7, 11) is 0. The predicted molar refractivity (Wildman–Crippen MR) is 100 cm³/mol. The number of aliphatic carboxylic acids is 1. The molecule has 0 saturated carbocycles. The molecule has 3 saturated heterocycles. The van der Waals surface area contributed by atoms with Crippen LogP contribution in [0.15, 0.2) is 16.8 Å². The lowest BCUT2D eigenvalue weighted by atomic mass is 9.81. The number of amides is 1. The summed E-state index contributed by atoms with van der Waals surface area (Å²) in [5.41, 5.74) is 1.36. The molecule has 1 amide bonds. The number of piperidine rings is 1. The van der Waals surface area contributed by atoms with Crippen molar-refractivity contribution in [3.8, 4) is 0 Å². The van der Waals surface area contributed by atoms with Crippen LogP contribution in [0.4, 0.5) is 13.2 Å². The Hall–Kier alpha value is -1.65. The van der Waals surface area contributed by atoms with Gasteiger partial charge in [0.15, 0.2) is 0 Å². The van der Waals surface area contributed by atoms with Crippen molar-refractivity contribution in [2.75, 3.05) is 32.8 Å². The van der Waals surface area contributed by atoms with Crippen molar-refractivity contribution in [3.63, 3.8) is 0 Å². The number of nitrogens with zero attached hydrogens (tertiary/aromatic N) is 2. The summed E-state index contributed by atoms with van der Waals surface area (Å²) in [5, 5.41) is 11.5. The summed E-state index contributed by atoms with van der Waals surface area (Å²) in [4.78, 5) is 26.3. The molecule has 0 bridgehead atoms. The molecule has 0 radical (unpaired) electrons. The van der Waals surface area contributed by atoms with Gasteiger partial charge in [0.25, 0.3) is 0 Å². The van der Waals surface area contributed by atoms with Crippen LogP contribution in [0.5, 0.6) is 0 Å². The van der Waals surface area contributed by atoms with Crippen LogP contribution in [-0.4, -0.2) is 71.8 Å². The van der Waals surface area contributed by atoms with Crippen LogP contribution in [0.3, 0.4) is 0 Å². The molecule has 162 valence electrons. The lowest BCUT2D eigenvalue weighted by Gasteiger charge is -2.40. The van der Waals surface area contributed by atoms with E-state index in [1.54, 1.807) is 11.3 Å². The van der Waals surface area contributed by atoms with Crippen molar-refractivity contribution in [2.24, 2.45) is 11.8 Å². The zero-order valence-corrected chi connectivity index (χ0v) is 16.8. The highest BCUT2D eigenvalue weighted by Gasteiger charge is 2.45. The monoisotopic (exact) mass is 434 g/mol. The van der Waals surface area contributed by atoms with Gasteiger partial charge in [-0.05, 0) is 41.7 Å². The molecule has 0 unspecified atom stereocenters. The van der Waals surface area contributed by atoms with Crippen LogP contribution in [0.2, 0.25) is 0 Å². The maximum atomic E-state index is 12.9. The van der Waals surface area contributed by atoms with Crippen LogP contribution in [-0.2, 0) is 20.9 Å². The third-order valence-corrected chi connectivity index (χ3v) is 6.37. The normalized spacial score (nSPS) is 27.3. The second-order valence-corrected chi connectivity index (χ2v) is 8.41. The fraction of sp³-hybridized carbons (Fsp3) is 0.684. The predicted octanol–water partition coefficient (Wildman–Crippen LogP) is 2.84. The minimum atomic E-state index is -5.08. The number of carboxylic acid groups (broad SMARTS) is 1. The maximum absolute atomic E-state index is 12.9. The van der Waals surface area contributed by atoms with E-state index in [1.807, 2.05) is 0 Å². The van der Waals surface area contributed by atoms with Crippen LogP contribution in [0, 0.1) is 11.8 Å². The molecule has 1 aromatic rings. The fourth-order valence-electron chi connectivity index (χ4n) is 4.26. The molecule has 1 N–H and O–H groups in total. The number of hydrogen-bond donors (Lipinski definition) is 1. The Kier molecular flexibility index (Phi) is 7.18. The maximum Gasteiger partial charge on any atom is 0.490 e. The second-order valence-electron chi connectivity index (χ2n) is 7.63. The fourth-order valence-corrected chi connectivity index (χ4v) is 4.92. The van der Waals surface area contributed by atoms with Gasteiger partial charge >= 0.3 is 12.1 Å². The Morgan fingerprint density at radius 2 is 1.93 bits per heavy atom. The first-order valence-electron chi connectivity index (χ1n) is 9.69. The summed E-state index contributed by atoms with van der Waals surface area (Å²) < 4.78 is 37.7. The Balaban J connectivity index is 0.000000298. The van der Waals surface area contributed by atoms with Gasteiger partial charge in [0.05, 0.1) is 12.0 Å². The van der Waals surface area contributed by atoms with Gasteiger partial charge in [-0.3, -0.25) is 9.69 Å². The number of carboxylic acids is 1. The zero-order chi connectivity index (χ0) is 21.0. The van der Waals surface area contributed by atoms with Gasteiger partial charge in [-0.2, -0.15) is 24.5 Å². The molecule has 0 aliphatic carbocycles. The molecular formula is C19H25F3N2O4S. The van der Waals surface area contributed by atoms with Gasteiger partial charge in [-0.25, -0.2) is 4.79 Å². The summed E-state index contributed by atoms with van der Waals surface area (Å²) in [6.45, 7) is 5.56. The van der Waals surface area contributed by atoms with Crippen LogP contribution < -0.4 is 0 Å². The molecule has 6 nitrogen and oxygen atoms in total. The number of carbonyl (C=O) groups is 2. The number of fused-ring (bicyclic) bond motifs is 1. The molecule has 3 atom stereocenters. The van der Waals surface area contributed by atoms with Crippen molar-refractivity contribution in [1.29, 1.82) is 0 Å². The van der Waals surface area contributed by atoms with E-state index in [0.717, 1.165) is 45.8 Å². The highest BCUT2D eigenvalue weighted by Crippen LogP contribution is 2.36. The minimum Gasteiger partial charge on any atom is -0.475 e. The van der Waals surface area contributed by atoms with Gasteiger partial charge in [-0.15, -0.1) is 0 Å². The van der Waals surface area contributed by atoms with E-state index in [1.165, 1.54) is 18.4 Å². The van der Waals surface area contributed by atoms with Crippen molar-refractivity contribution in [1.82, 2.24) is 9.80 Å². The number of hydrogen-bond acceptors (Lipinski definition) is 5. The SMILES string of the molecule is O=C(O)C(F)(F)F.O=C([C@@H]1CN(Cc2ccsc2)C[C@H]2OCC[C@H]21)N1CCCC1. The highest BCUT2D eigenvalue weighted by molar-refractivity contribution is 7.07. The van der Waals surface area contributed by atoms with Gasteiger partial charge < -0.3 is 14.7 Å². The van der Waals surface area contributed by atoms with Gasteiger partial charge in [0.2, 0.25) is 5.91 Å². The topological polar surface area (TPSA) is 70.1 Å². The molecule has 3 aliphatic heterocycles. The minimum absolute atomic E-state index is 0.137. The van der Waals surface area contributed by atoms with Gasteiger partial charge in [0.1, 0.15) is 0 Å². The van der Waals surface area contributed by atoms with Crippen LogP contribution in [0.1, 0.15) is 24.8 Å². The summed E-state index contributed by atoms with van der Waals surface area (Å²) >= 11 is 1.74. The van der Waals surface area contributed by atoms with Crippen LogP contribution in [0.25, 0.3) is 0 Å². The van der Waals surface area contributed by atoms with Crippen molar-refractivity contribution in [3.05, 3.63) is 22.4 Å². The first kappa shape index (κ1) is 22.0. The van der Waals surface area contributed by atoms with E-state index in [0.29, 0.717) is 11.8 Å². The van der Waals surface area contributed by atoms with E-state index >= 15 is 0 Å². The largest absolute Gasteiger partial charge is 0.490 e. The van der Waals surface area contributed by atoms with Gasteiger partial charge in [0, 0.05) is 45.2 Å². The molecule has 29 heavy (non-hydrogen) atoms. The Morgan fingerprint density at radius 3 is 2.52 bits per heavy atom. The summed E-state index contributed by atoms with van der Waals surface area (Å²) in [6, 6.07) is 2.18. The Labute approximate surface area is 171 Å². The molecule has 0 spiro atoms. The molecular weight excluding hydrogens is 409 g/mol. The van der Waals surface area contributed by atoms with Crippen molar-refractivity contribution < 1.29 is 32.6 Å². The molecule has 10 heteroatoms. The van der Waals surface area contributed by atoms with E-state index in [4.69, 9.17) is 14.6 Å².